The van der Waals surface area contributed by atoms with Crippen molar-refractivity contribution in [3.8, 4) is 11.5 Å². The molecule has 2 N–H and O–H groups in total. The fourth-order valence-corrected chi connectivity index (χ4v) is 2.60. The minimum absolute atomic E-state index is 0.0611. The third-order valence-corrected chi connectivity index (χ3v) is 4.09. The molecule has 0 bridgehead atoms. The van der Waals surface area contributed by atoms with Crippen LogP contribution in [-0.4, -0.2) is 32.1 Å². The highest BCUT2D eigenvalue weighted by molar-refractivity contribution is 5.96. The summed E-state index contributed by atoms with van der Waals surface area (Å²) in [5.41, 5.74) is 9.97. The first-order valence-corrected chi connectivity index (χ1v) is 7.70. The zero-order valence-corrected chi connectivity index (χ0v) is 14.8. The number of nitrogens with two attached hydrogens (primary N) is 1. The van der Waals surface area contributed by atoms with Crippen LogP contribution in [0.25, 0.3) is 0 Å². The molecule has 0 aliphatic heterocycles. The molecular formula is C19H24N2O3. The molecule has 5 nitrogen and oxygen atoms in total. The third kappa shape index (κ3) is 3.62. The zero-order chi connectivity index (χ0) is 17.9. The molecule has 0 radical (unpaired) electrons. The van der Waals surface area contributed by atoms with E-state index in [0.29, 0.717) is 29.3 Å². The van der Waals surface area contributed by atoms with Crippen LogP contribution in [0.4, 0.5) is 5.69 Å². The lowest BCUT2D eigenvalue weighted by Gasteiger charge is -2.21. The van der Waals surface area contributed by atoms with Gasteiger partial charge in [0.05, 0.1) is 14.2 Å². The molecule has 0 saturated carbocycles. The van der Waals surface area contributed by atoms with Gasteiger partial charge < -0.3 is 20.1 Å². The summed E-state index contributed by atoms with van der Waals surface area (Å²) in [6.45, 7) is 4.36. The quantitative estimate of drug-likeness (QED) is 0.856. The number of nitrogen functional groups attached to an aromatic ring is 1. The molecule has 24 heavy (non-hydrogen) atoms. The zero-order valence-electron chi connectivity index (χ0n) is 14.8. The Hall–Kier alpha value is -2.69. The smallest absolute Gasteiger partial charge is 0.254 e. The van der Waals surface area contributed by atoms with E-state index in [1.165, 1.54) is 0 Å². The van der Waals surface area contributed by atoms with Gasteiger partial charge in [-0.25, -0.2) is 0 Å². The van der Waals surface area contributed by atoms with Crippen LogP contribution in [0.2, 0.25) is 0 Å². The number of carbonyl (C=O) groups excluding carboxylic acids is 1. The predicted octanol–water partition coefficient (Wildman–Crippen LogP) is 3.18. The van der Waals surface area contributed by atoms with Gasteiger partial charge in [-0.1, -0.05) is 6.07 Å². The number of benzene rings is 2. The van der Waals surface area contributed by atoms with Crippen LogP contribution in [-0.2, 0) is 6.54 Å². The Labute approximate surface area is 143 Å². The molecule has 5 heteroatoms. The molecular weight excluding hydrogens is 304 g/mol. The SMILES string of the molecule is COc1cc(C)c(CN(C)C(=O)c2cc(N)ccc2C)cc1OC. The molecule has 2 aromatic carbocycles. The van der Waals surface area contributed by atoms with Gasteiger partial charge in [0.1, 0.15) is 0 Å². The second-order valence-corrected chi connectivity index (χ2v) is 5.87. The van der Waals surface area contributed by atoms with E-state index in [1.807, 2.05) is 32.0 Å². The van der Waals surface area contributed by atoms with Crippen LogP contribution in [0.3, 0.4) is 0 Å². The number of aryl methyl sites for hydroxylation is 2. The number of methoxy groups -OCH3 is 2. The van der Waals surface area contributed by atoms with Gasteiger partial charge in [0.2, 0.25) is 0 Å². The normalized spacial score (nSPS) is 10.4. The maximum Gasteiger partial charge on any atom is 0.254 e. The van der Waals surface area contributed by atoms with E-state index in [0.717, 1.165) is 16.7 Å². The second-order valence-electron chi connectivity index (χ2n) is 5.87. The Morgan fingerprint density at radius 1 is 1.04 bits per heavy atom. The molecule has 0 aromatic heterocycles. The van der Waals surface area contributed by atoms with Gasteiger partial charge in [0, 0.05) is 24.8 Å². The molecule has 128 valence electrons. The summed E-state index contributed by atoms with van der Waals surface area (Å²) >= 11 is 0. The fraction of sp³-hybridized carbons (Fsp3) is 0.316. The molecule has 0 aliphatic carbocycles. The van der Waals surface area contributed by atoms with Crippen LogP contribution in [0.1, 0.15) is 27.0 Å². The number of hydrogen-bond acceptors (Lipinski definition) is 4. The van der Waals surface area contributed by atoms with Crippen molar-refractivity contribution in [1.29, 1.82) is 0 Å². The van der Waals surface area contributed by atoms with Crippen molar-refractivity contribution in [2.75, 3.05) is 27.0 Å². The van der Waals surface area contributed by atoms with E-state index < -0.39 is 0 Å². The third-order valence-electron chi connectivity index (χ3n) is 4.09. The molecule has 2 aromatic rings. The van der Waals surface area contributed by atoms with Crippen LogP contribution < -0.4 is 15.2 Å². The Morgan fingerprint density at radius 3 is 2.29 bits per heavy atom. The van der Waals surface area contributed by atoms with Gasteiger partial charge in [0.15, 0.2) is 11.5 Å². The Bertz CT molecular complexity index is 757. The topological polar surface area (TPSA) is 64.8 Å². The maximum absolute atomic E-state index is 12.7. The van der Waals surface area contributed by atoms with Gasteiger partial charge in [0.25, 0.3) is 5.91 Å². The van der Waals surface area contributed by atoms with E-state index in [4.69, 9.17) is 15.2 Å². The lowest BCUT2D eigenvalue weighted by molar-refractivity contribution is 0.0784. The summed E-state index contributed by atoms with van der Waals surface area (Å²) in [5, 5.41) is 0. The Morgan fingerprint density at radius 2 is 1.67 bits per heavy atom. The van der Waals surface area contributed by atoms with Crippen molar-refractivity contribution in [2.24, 2.45) is 0 Å². The maximum atomic E-state index is 12.7. The molecule has 0 aliphatic rings. The van der Waals surface area contributed by atoms with E-state index in [2.05, 4.69) is 0 Å². The predicted molar refractivity (Wildman–Crippen MR) is 95.7 cm³/mol. The van der Waals surface area contributed by atoms with Crippen LogP contribution in [0.15, 0.2) is 30.3 Å². The monoisotopic (exact) mass is 328 g/mol. The molecule has 2 rings (SSSR count). The lowest BCUT2D eigenvalue weighted by Crippen LogP contribution is -2.27. The van der Waals surface area contributed by atoms with Gasteiger partial charge in [-0.15, -0.1) is 0 Å². The molecule has 0 fully saturated rings. The summed E-state index contributed by atoms with van der Waals surface area (Å²) in [4.78, 5) is 14.4. The molecule has 0 saturated heterocycles. The average Bonchev–Trinajstić information content (AvgIpc) is 2.57. The summed E-state index contributed by atoms with van der Waals surface area (Å²) < 4.78 is 10.7. The van der Waals surface area contributed by atoms with Crippen LogP contribution in [0.5, 0.6) is 11.5 Å². The molecule has 0 atom stereocenters. The summed E-state index contributed by atoms with van der Waals surface area (Å²) in [6, 6.07) is 9.20. The molecule has 1 amide bonds. The standard InChI is InChI=1S/C19H24N2O3/c1-12-6-7-15(20)10-16(12)19(22)21(3)11-14-9-18(24-5)17(23-4)8-13(14)2/h6-10H,11,20H2,1-5H3. The van der Waals surface area contributed by atoms with E-state index in [9.17, 15) is 4.79 Å². The number of carbonyl (C=O) groups is 1. The highest BCUT2D eigenvalue weighted by Crippen LogP contribution is 2.31. The number of anilines is 1. The first-order valence-electron chi connectivity index (χ1n) is 7.70. The summed E-state index contributed by atoms with van der Waals surface area (Å²) in [6.07, 6.45) is 0. The number of nitrogens with zero attached hydrogens (tertiary/aromatic N) is 1. The van der Waals surface area contributed by atoms with Gasteiger partial charge in [-0.3, -0.25) is 4.79 Å². The van der Waals surface area contributed by atoms with Crippen molar-refractivity contribution in [1.82, 2.24) is 4.90 Å². The lowest BCUT2D eigenvalue weighted by atomic mass is 10.0. The minimum atomic E-state index is -0.0611. The number of rotatable bonds is 5. The van der Waals surface area contributed by atoms with Gasteiger partial charge >= 0.3 is 0 Å². The van der Waals surface area contributed by atoms with Crippen molar-refractivity contribution in [3.05, 3.63) is 52.6 Å². The second kappa shape index (κ2) is 7.25. The molecule has 0 spiro atoms. The van der Waals surface area contributed by atoms with Gasteiger partial charge in [-0.05, 0) is 54.8 Å². The Balaban J connectivity index is 2.27. The number of hydrogen-bond donors (Lipinski definition) is 1. The van der Waals surface area contributed by atoms with Gasteiger partial charge in [-0.2, -0.15) is 0 Å². The number of amides is 1. The fourth-order valence-electron chi connectivity index (χ4n) is 2.60. The highest BCUT2D eigenvalue weighted by Gasteiger charge is 2.17. The first-order chi connectivity index (χ1) is 11.4. The van der Waals surface area contributed by atoms with Crippen LogP contribution in [0, 0.1) is 13.8 Å². The average molecular weight is 328 g/mol. The molecule has 0 heterocycles. The van der Waals surface area contributed by atoms with Crippen molar-refractivity contribution >= 4 is 11.6 Å². The van der Waals surface area contributed by atoms with Crippen molar-refractivity contribution < 1.29 is 14.3 Å². The molecule has 0 unspecified atom stereocenters. The van der Waals surface area contributed by atoms with Crippen molar-refractivity contribution in [2.45, 2.75) is 20.4 Å². The van der Waals surface area contributed by atoms with E-state index >= 15 is 0 Å². The van der Waals surface area contributed by atoms with E-state index in [-0.39, 0.29) is 5.91 Å². The first kappa shape index (κ1) is 17.7. The highest BCUT2D eigenvalue weighted by atomic mass is 16.5. The number of ether oxygens (including phenoxy) is 2. The Kier molecular flexibility index (Phi) is 5.34. The summed E-state index contributed by atoms with van der Waals surface area (Å²) in [7, 11) is 4.98. The van der Waals surface area contributed by atoms with E-state index in [1.54, 1.807) is 38.3 Å². The largest absolute Gasteiger partial charge is 0.493 e. The minimum Gasteiger partial charge on any atom is -0.493 e. The van der Waals surface area contributed by atoms with Crippen molar-refractivity contribution in [3.63, 3.8) is 0 Å². The van der Waals surface area contributed by atoms with Crippen LogP contribution >= 0.6 is 0 Å². The summed E-state index contributed by atoms with van der Waals surface area (Å²) in [5.74, 6) is 1.27.